The van der Waals surface area contributed by atoms with Crippen LogP contribution < -0.4 is 0 Å². The summed E-state index contributed by atoms with van der Waals surface area (Å²) in [5, 5.41) is 0.180. The molecule has 0 fully saturated rings. The maximum absolute atomic E-state index is 6.05. The normalized spacial score (nSPS) is 13.6. The molecule has 0 aromatic carbocycles. The summed E-state index contributed by atoms with van der Waals surface area (Å²) in [6.07, 6.45) is 13.0. The standard InChI is InChI=1S/C12H22Cl2/c1-2-3-4-5-6-7-9-12(14)10-8-11-13/h8,10,12H,2-7,9,11H2,1H3/b10-8+. The molecule has 0 saturated carbocycles. The highest BCUT2D eigenvalue weighted by Gasteiger charge is 1.98. The van der Waals surface area contributed by atoms with Gasteiger partial charge >= 0.3 is 0 Å². The van der Waals surface area contributed by atoms with Crippen molar-refractivity contribution in [1.82, 2.24) is 0 Å². The van der Waals surface area contributed by atoms with Crippen molar-refractivity contribution in [3.63, 3.8) is 0 Å². The monoisotopic (exact) mass is 236 g/mol. The van der Waals surface area contributed by atoms with Gasteiger partial charge in [0.25, 0.3) is 0 Å². The minimum Gasteiger partial charge on any atom is -0.122 e. The third-order valence-corrected chi connectivity index (χ3v) is 2.81. The first kappa shape index (κ1) is 14.3. The Hall–Kier alpha value is 0.320. The van der Waals surface area contributed by atoms with Crippen LogP contribution in [0.5, 0.6) is 0 Å². The maximum Gasteiger partial charge on any atom is 0.0516 e. The van der Waals surface area contributed by atoms with Gasteiger partial charge in [0.15, 0.2) is 0 Å². The van der Waals surface area contributed by atoms with E-state index in [2.05, 4.69) is 6.92 Å². The van der Waals surface area contributed by atoms with Gasteiger partial charge in [0.2, 0.25) is 0 Å². The number of allylic oxidation sites excluding steroid dienone is 2. The van der Waals surface area contributed by atoms with Crippen molar-refractivity contribution < 1.29 is 0 Å². The Labute approximate surface area is 98.7 Å². The van der Waals surface area contributed by atoms with Crippen LogP contribution in [0.1, 0.15) is 51.9 Å². The van der Waals surface area contributed by atoms with Gasteiger partial charge in [0.1, 0.15) is 0 Å². The maximum atomic E-state index is 6.05. The minimum atomic E-state index is 0.180. The number of rotatable bonds is 9. The van der Waals surface area contributed by atoms with Crippen molar-refractivity contribution in [2.45, 2.75) is 57.2 Å². The summed E-state index contributed by atoms with van der Waals surface area (Å²) in [4.78, 5) is 0. The molecule has 14 heavy (non-hydrogen) atoms. The summed E-state index contributed by atoms with van der Waals surface area (Å²) in [5.74, 6) is 0.569. The quantitative estimate of drug-likeness (QED) is 0.296. The van der Waals surface area contributed by atoms with Gasteiger partial charge in [-0.05, 0) is 6.42 Å². The summed E-state index contributed by atoms with van der Waals surface area (Å²) in [6, 6.07) is 0. The van der Waals surface area contributed by atoms with Gasteiger partial charge in [-0.15, -0.1) is 23.2 Å². The molecule has 1 atom stereocenters. The predicted octanol–water partition coefficient (Wildman–Crippen LogP) is 5.14. The van der Waals surface area contributed by atoms with Crippen molar-refractivity contribution >= 4 is 23.2 Å². The van der Waals surface area contributed by atoms with E-state index in [1.807, 2.05) is 12.2 Å². The molecule has 0 saturated heterocycles. The highest BCUT2D eigenvalue weighted by atomic mass is 35.5. The van der Waals surface area contributed by atoms with E-state index < -0.39 is 0 Å². The molecule has 84 valence electrons. The lowest BCUT2D eigenvalue weighted by Gasteiger charge is -2.03. The van der Waals surface area contributed by atoms with Crippen molar-refractivity contribution in [2.75, 3.05) is 5.88 Å². The molecule has 0 aliphatic rings. The molecule has 1 unspecified atom stereocenters. The van der Waals surface area contributed by atoms with Gasteiger partial charge in [0.05, 0.1) is 5.38 Å². The zero-order chi connectivity index (χ0) is 10.6. The summed E-state index contributed by atoms with van der Waals surface area (Å²) in [7, 11) is 0. The van der Waals surface area contributed by atoms with Crippen LogP contribution in [0.3, 0.4) is 0 Å². The molecule has 0 aliphatic heterocycles. The van der Waals surface area contributed by atoms with E-state index in [9.17, 15) is 0 Å². The number of hydrogen-bond donors (Lipinski definition) is 0. The van der Waals surface area contributed by atoms with Gasteiger partial charge < -0.3 is 0 Å². The predicted molar refractivity (Wildman–Crippen MR) is 67.5 cm³/mol. The summed E-state index contributed by atoms with van der Waals surface area (Å²) in [6.45, 7) is 2.24. The smallest absolute Gasteiger partial charge is 0.0516 e. The van der Waals surface area contributed by atoms with E-state index in [-0.39, 0.29) is 5.38 Å². The van der Waals surface area contributed by atoms with Crippen molar-refractivity contribution in [2.24, 2.45) is 0 Å². The van der Waals surface area contributed by atoms with Crippen LogP contribution >= 0.6 is 23.2 Å². The van der Waals surface area contributed by atoms with Crippen molar-refractivity contribution in [1.29, 1.82) is 0 Å². The first-order valence-corrected chi connectivity index (χ1v) is 6.65. The van der Waals surface area contributed by atoms with Crippen molar-refractivity contribution in [3.05, 3.63) is 12.2 Å². The highest BCUT2D eigenvalue weighted by Crippen LogP contribution is 2.12. The molecule has 0 heterocycles. The molecule has 0 N–H and O–H groups in total. The second-order valence-electron chi connectivity index (χ2n) is 3.65. The SMILES string of the molecule is CCCCCCCCC(Cl)/C=C/CCl. The molecule has 0 aliphatic carbocycles. The van der Waals surface area contributed by atoms with Gasteiger partial charge in [-0.25, -0.2) is 0 Å². The van der Waals surface area contributed by atoms with Crippen molar-refractivity contribution in [3.8, 4) is 0 Å². The third kappa shape index (κ3) is 10.4. The van der Waals surface area contributed by atoms with E-state index in [0.717, 1.165) is 6.42 Å². The van der Waals surface area contributed by atoms with E-state index in [1.54, 1.807) is 0 Å². The molecule has 2 heteroatoms. The summed E-state index contributed by atoms with van der Waals surface area (Å²) in [5.41, 5.74) is 0. The first-order chi connectivity index (χ1) is 6.81. The molecule has 0 radical (unpaired) electrons. The van der Waals surface area contributed by atoms with E-state index in [4.69, 9.17) is 23.2 Å². The fourth-order valence-corrected chi connectivity index (χ4v) is 1.78. The Bertz CT molecular complexity index is 132. The van der Waals surface area contributed by atoms with Crippen LogP contribution in [-0.2, 0) is 0 Å². The molecule has 0 amide bonds. The van der Waals surface area contributed by atoms with Gasteiger partial charge in [-0.2, -0.15) is 0 Å². The molecule has 0 bridgehead atoms. The molecular weight excluding hydrogens is 215 g/mol. The van der Waals surface area contributed by atoms with Crippen LogP contribution in [0.4, 0.5) is 0 Å². The fraction of sp³-hybridized carbons (Fsp3) is 0.833. The Kier molecular flexibility index (Phi) is 11.7. The molecule has 0 spiro atoms. The summed E-state index contributed by atoms with van der Waals surface area (Å²) >= 11 is 11.6. The van der Waals surface area contributed by atoms with E-state index >= 15 is 0 Å². The molecular formula is C12H22Cl2. The number of alkyl halides is 2. The second-order valence-corrected chi connectivity index (χ2v) is 4.52. The van der Waals surface area contributed by atoms with Crippen LogP contribution in [-0.4, -0.2) is 11.3 Å². The van der Waals surface area contributed by atoms with Crippen LogP contribution in [0.25, 0.3) is 0 Å². The lowest BCUT2D eigenvalue weighted by Crippen LogP contribution is -1.93. The highest BCUT2D eigenvalue weighted by molar-refractivity contribution is 6.22. The average Bonchev–Trinajstić information content (AvgIpc) is 2.20. The minimum absolute atomic E-state index is 0.180. The topological polar surface area (TPSA) is 0 Å². The van der Waals surface area contributed by atoms with Gasteiger partial charge in [0, 0.05) is 5.88 Å². The molecule has 0 nitrogen and oxygen atoms in total. The average molecular weight is 237 g/mol. The first-order valence-electron chi connectivity index (χ1n) is 5.68. The molecule has 0 aromatic rings. The number of unbranched alkanes of at least 4 members (excludes halogenated alkanes) is 5. The van der Waals surface area contributed by atoms with Crippen LogP contribution in [0, 0.1) is 0 Å². The van der Waals surface area contributed by atoms with Crippen LogP contribution in [0.15, 0.2) is 12.2 Å². The molecule has 0 aromatic heterocycles. The Balaban J connectivity index is 3.14. The number of halogens is 2. The Morgan fingerprint density at radius 2 is 1.71 bits per heavy atom. The lowest BCUT2D eigenvalue weighted by atomic mass is 10.1. The Morgan fingerprint density at radius 3 is 2.36 bits per heavy atom. The van der Waals surface area contributed by atoms with Crippen LogP contribution in [0.2, 0.25) is 0 Å². The van der Waals surface area contributed by atoms with Gasteiger partial charge in [-0.3, -0.25) is 0 Å². The largest absolute Gasteiger partial charge is 0.122 e. The van der Waals surface area contributed by atoms with Gasteiger partial charge in [-0.1, -0.05) is 57.6 Å². The summed E-state index contributed by atoms with van der Waals surface area (Å²) < 4.78 is 0. The van der Waals surface area contributed by atoms with E-state index in [0.29, 0.717) is 5.88 Å². The fourth-order valence-electron chi connectivity index (χ4n) is 1.41. The lowest BCUT2D eigenvalue weighted by molar-refractivity contribution is 0.593. The zero-order valence-corrected chi connectivity index (χ0v) is 10.7. The number of hydrogen-bond acceptors (Lipinski definition) is 0. The Morgan fingerprint density at radius 1 is 1.07 bits per heavy atom. The third-order valence-electron chi connectivity index (χ3n) is 2.27. The van der Waals surface area contributed by atoms with E-state index in [1.165, 1.54) is 38.5 Å². The molecule has 0 rings (SSSR count). The second kappa shape index (κ2) is 11.4. The zero-order valence-electron chi connectivity index (χ0n) is 9.14.